The van der Waals surface area contributed by atoms with E-state index >= 15 is 0 Å². The van der Waals surface area contributed by atoms with Gasteiger partial charge in [-0.3, -0.25) is 0 Å². The number of hydrogen-bond donors (Lipinski definition) is 1. The van der Waals surface area contributed by atoms with Crippen molar-refractivity contribution in [1.29, 1.82) is 0 Å². The van der Waals surface area contributed by atoms with Crippen molar-refractivity contribution in [3.05, 3.63) is 102 Å². The van der Waals surface area contributed by atoms with E-state index in [1.165, 1.54) is 37.2 Å². The fourth-order valence-electron chi connectivity index (χ4n) is 4.30. The van der Waals surface area contributed by atoms with Crippen LogP contribution in [0.25, 0.3) is 0 Å². The zero-order valence-electron chi connectivity index (χ0n) is 19.7. The van der Waals surface area contributed by atoms with Gasteiger partial charge in [-0.05, 0) is 61.3 Å². The molecular formula is C28H32N2O4S. The van der Waals surface area contributed by atoms with Gasteiger partial charge in [0.25, 0.3) is 0 Å². The van der Waals surface area contributed by atoms with Crippen LogP contribution in [0.2, 0.25) is 0 Å². The van der Waals surface area contributed by atoms with E-state index in [-0.39, 0.29) is 6.42 Å². The molecule has 1 saturated heterocycles. The third-order valence-electron chi connectivity index (χ3n) is 6.17. The average molecular weight is 493 g/mol. The number of aryl methyl sites for hydroxylation is 1. The molecule has 0 aliphatic carbocycles. The van der Waals surface area contributed by atoms with Crippen LogP contribution >= 0.6 is 0 Å². The Bertz CT molecular complexity index is 1110. The summed E-state index contributed by atoms with van der Waals surface area (Å²) in [7, 11) is -2.67. The maximum Gasteiger partial charge on any atom is 0.329 e. The van der Waals surface area contributed by atoms with E-state index < -0.39 is 22.5 Å². The molecule has 35 heavy (non-hydrogen) atoms. The molecule has 0 saturated carbocycles. The standard InChI is InChI=1S/C17H19N.C11H13NO4S/c1-3-7-15(8-4-1)16-11-13-18(14-12-16)17-9-5-2-6-10-17;13-11(14)10(12-17(15)16)8-4-7-9-5-2-1-3-6-9/h1-10,16H,11-14H2;1-3,5-6,10H,4,7-8H2,(H,13,14). The zero-order chi connectivity index (χ0) is 24.9. The van der Waals surface area contributed by atoms with E-state index in [2.05, 4.69) is 69.9 Å². The number of rotatable bonds is 8. The molecule has 0 bridgehead atoms. The average Bonchev–Trinajstić information content (AvgIpc) is 2.90. The fraction of sp³-hybridized carbons (Fsp3) is 0.321. The summed E-state index contributed by atoms with van der Waals surface area (Å²) in [5, 5.41) is 8.75. The smallest absolute Gasteiger partial charge is 0.329 e. The quantitative estimate of drug-likeness (QED) is 0.443. The summed E-state index contributed by atoms with van der Waals surface area (Å²) in [4.78, 5) is 13.2. The van der Waals surface area contributed by atoms with Crippen molar-refractivity contribution in [3.8, 4) is 0 Å². The molecule has 0 amide bonds. The highest BCUT2D eigenvalue weighted by Gasteiger charge is 2.20. The molecule has 1 unspecified atom stereocenters. The maximum absolute atomic E-state index is 10.7. The van der Waals surface area contributed by atoms with Gasteiger partial charge in [0, 0.05) is 18.8 Å². The molecule has 184 valence electrons. The zero-order valence-corrected chi connectivity index (χ0v) is 20.6. The van der Waals surface area contributed by atoms with Gasteiger partial charge in [0.15, 0.2) is 6.04 Å². The predicted octanol–water partition coefficient (Wildman–Crippen LogP) is 5.60. The van der Waals surface area contributed by atoms with Gasteiger partial charge in [0.1, 0.15) is 0 Å². The number of hydrogen-bond acceptors (Lipinski definition) is 5. The summed E-state index contributed by atoms with van der Waals surface area (Å²) < 4.78 is 23.8. The number of aliphatic carboxylic acids is 1. The van der Waals surface area contributed by atoms with Crippen LogP contribution in [-0.2, 0) is 21.7 Å². The Balaban J connectivity index is 0.000000196. The number of piperidine rings is 1. The second-order valence-corrected chi connectivity index (χ2v) is 9.21. The van der Waals surface area contributed by atoms with E-state index in [1.807, 2.05) is 30.3 Å². The van der Waals surface area contributed by atoms with E-state index in [0.717, 1.165) is 11.5 Å². The van der Waals surface area contributed by atoms with Crippen LogP contribution in [0.4, 0.5) is 5.69 Å². The molecule has 1 aliphatic rings. The Morgan fingerprint density at radius 2 is 1.43 bits per heavy atom. The lowest BCUT2D eigenvalue weighted by atomic mass is 9.89. The van der Waals surface area contributed by atoms with Crippen LogP contribution in [0.1, 0.15) is 42.7 Å². The molecule has 7 heteroatoms. The molecule has 1 N–H and O–H groups in total. The third-order valence-corrected chi connectivity index (χ3v) is 6.60. The molecule has 1 atom stereocenters. The number of nitrogens with zero attached hydrogens (tertiary/aromatic N) is 2. The molecule has 6 nitrogen and oxygen atoms in total. The lowest BCUT2D eigenvalue weighted by Gasteiger charge is -2.33. The minimum absolute atomic E-state index is 0.220. The number of para-hydroxylation sites is 1. The van der Waals surface area contributed by atoms with Gasteiger partial charge in [-0.2, -0.15) is 12.8 Å². The summed E-state index contributed by atoms with van der Waals surface area (Å²) in [6, 6.07) is 30.1. The van der Waals surface area contributed by atoms with Gasteiger partial charge in [-0.15, -0.1) is 0 Å². The Morgan fingerprint density at radius 1 is 0.886 bits per heavy atom. The number of benzene rings is 3. The highest BCUT2D eigenvalue weighted by atomic mass is 32.2. The topological polar surface area (TPSA) is 87.0 Å². The maximum atomic E-state index is 10.7. The molecule has 3 aromatic rings. The molecule has 1 fully saturated rings. The van der Waals surface area contributed by atoms with Gasteiger partial charge < -0.3 is 10.0 Å². The highest BCUT2D eigenvalue weighted by Crippen LogP contribution is 2.30. The van der Waals surface area contributed by atoms with Gasteiger partial charge in [0.05, 0.1) is 0 Å². The van der Waals surface area contributed by atoms with E-state index in [0.29, 0.717) is 12.8 Å². The lowest BCUT2D eigenvalue weighted by Crippen LogP contribution is -2.32. The second-order valence-electron chi connectivity index (χ2n) is 8.56. The summed E-state index contributed by atoms with van der Waals surface area (Å²) >= 11 is 0. The summed E-state index contributed by atoms with van der Waals surface area (Å²) in [6.45, 7) is 2.34. The van der Waals surface area contributed by atoms with Crippen LogP contribution in [0.5, 0.6) is 0 Å². The minimum Gasteiger partial charge on any atom is -0.480 e. The Labute approximate surface area is 209 Å². The van der Waals surface area contributed by atoms with Crippen molar-refractivity contribution in [3.63, 3.8) is 0 Å². The summed E-state index contributed by atoms with van der Waals surface area (Å²) in [5.74, 6) is -0.464. The molecule has 4 rings (SSSR count). The van der Waals surface area contributed by atoms with Crippen molar-refractivity contribution in [1.82, 2.24) is 0 Å². The van der Waals surface area contributed by atoms with Crippen molar-refractivity contribution in [2.24, 2.45) is 4.36 Å². The van der Waals surface area contributed by atoms with Gasteiger partial charge in [-0.1, -0.05) is 78.9 Å². The first-order chi connectivity index (χ1) is 17.0. The molecule has 0 aromatic heterocycles. The Hall–Kier alpha value is -3.45. The van der Waals surface area contributed by atoms with E-state index in [4.69, 9.17) is 5.11 Å². The molecule has 3 aromatic carbocycles. The highest BCUT2D eigenvalue weighted by molar-refractivity contribution is 7.61. The molecule has 1 heterocycles. The third kappa shape index (κ3) is 9.02. The Morgan fingerprint density at radius 3 is 1.97 bits per heavy atom. The Kier molecular flexibility index (Phi) is 10.5. The van der Waals surface area contributed by atoms with Crippen LogP contribution in [-0.4, -0.2) is 38.6 Å². The molecule has 0 radical (unpaired) electrons. The van der Waals surface area contributed by atoms with Crippen molar-refractivity contribution < 1.29 is 18.3 Å². The second kappa shape index (κ2) is 14.1. The first-order valence-electron chi connectivity index (χ1n) is 11.9. The monoisotopic (exact) mass is 492 g/mol. The fourth-order valence-corrected chi connectivity index (χ4v) is 4.71. The molecular weight excluding hydrogens is 460 g/mol. The number of carboxylic acids is 1. The van der Waals surface area contributed by atoms with Gasteiger partial charge >= 0.3 is 16.5 Å². The van der Waals surface area contributed by atoms with Gasteiger partial charge in [-0.25, -0.2) is 4.79 Å². The van der Waals surface area contributed by atoms with Crippen molar-refractivity contribution >= 4 is 22.2 Å². The summed E-state index contributed by atoms with van der Waals surface area (Å²) in [5.41, 5.74) is 3.97. The summed E-state index contributed by atoms with van der Waals surface area (Å²) in [6.07, 6.45) is 4.04. The largest absolute Gasteiger partial charge is 0.480 e. The minimum atomic E-state index is -2.67. The van der Waals surface area contributed by atoms with Gasteiger partial charge in [0.2, 0.25) is 0 Å². The number of carbonyl (C=O) groups is 1. The van der Waals surface area contributed by atoms with Crippen molar-refractivity contribution in [2.45, 2.75) is 44.1 Å². The van der Waals surface area contributed by atoms with Crippen LogP contribution < -0.4 is 4.90 Å². The van der Waals surface area contributed by atoms with Crippen molar-refractivity contribution in [2.75, 3.05) is 18.0 Å². The number of carboxylic acid groups (broad SMARTS) is 1. The van der Waals surface area contributed by atoms with E-state index in [1.54, 1.807) is 0 Å². The lowest BCUT2D eigenvalue weighted by molar-refractivity contribution is -0.138. The van der Waals surface area contributed by atoms with Crippen LogP contribution in [0, 0.1) is 0 Å². The van der Waals surface area contributed by atoms with Crippen LogP contribution in [0.15, 0.2) is 95.4 Å². The first-order valence-corrected chi connectivity index (χ1v) is 13.0. The SMILES string of the molecule is O=C(O)C(CCCc1ccccc1)N=S(=O)=O.c1ccc(C2CCN(c3ccccc3)CC2)cc1. The first kappa shape index (κ1) is 26.2. The van der Waals surface area contributed by atoms with E-state index in [9.17, 15) is 13.2 Å². The normalized spacial score (nSPS) is 14.3. The number of anilines is 1. The van der Waals surface area contributed by atoms with Crippen LogP contribution in [0.3, 0.4) is 0 Å². The predicted molar refractivity (Wildman–Crippen MR) is 139 cm³/mol. The molecule has 0 spiro atoms. The molecule has 1 aliphatic heterocycles.